The van der Waals surface area contributed by atoms with Gasteiger partial charge in [0.05, 0.1) is 6.54 Å². The Kier molecular flexibility index (Phi) is 5.63. The fourth-order valence-corrected chi connectivity index (χ4v) is 1.92. The zero-order valence-corrected chi connectivity index (χ0v) is 9.89. The van der Waals surface area contributed by atoms with Crippen LogP contribution in [0.2, 0.25) is 0 Å². The Morgan fingerprint density at radius 2 is 2.06 bits per heavy atom. The van der Waals surface area contributed by atoms with Crippen LogP contribution in [0.25, 0.3) is 0 Å². The molecule has 2 nitrogen and oxygen atoms in total. The van der Waals surface area contributed by atoms with Crippen LogP contribution < -0.4 is 5.73 Å². The van der Waals surface area contributed by atoms with Gasteiger partial charge in [0.1, 0.15) is 0 Å². The van der Waals surface area contributed by atoms with Gasteiger partial charge in [-0.25, -0.2) is 0 Å². The molecule has 0 bridgehead atoms. The largest absolute Gasteiger partial charge is 0.329 e. The molecule has 1 aromatic rings. The van der Waals surface area contributed by atoms with E-state index in [2.05, 4.69) is 29.9 Å². The van der Waals surface area contributed by atoms with E-state index in [9.17, 15) is 0 Å². The summed E-state index contributed by atoms with van der Waals surface area (Å²) in [6, 6.07) is 10.5. The van der Waals surface area contributed by atoms with Gasteiger partial charge in [0.25, 0.3) is 0 Å². The topological polar surface area (TPSA) is 29.3 Å². The number of terminal acetylenes is 1. The summed E-state index contributed by atoms with van der Waals surface area (Å²) in [7, 11) is 0. The molecule has 0 radical (unpaired) electrons. The van der Waals surface area contributed by atoms with Gasteiger partial charge in [0.15, 0.2) is 0 Å². The van der Waals surface area contributed by atoms with Crippen molar-refractivity contribution in [3.05, 3.63) is 35.9 Å². The van der Waals surface area contributed by atoms with Gasteiger partial charge in [-0.1, -0.05) is 43.2 Å². The van der Waals surface area contributed by atoms with Crippen molar-refractivity contribution >= 4 is 0 Å². The van der Waals surface area contributed by atoms with E-state index in [0.717, 1.165) is 13.0 Å². The molecule has 0 saturated carbocycles. The van der Waals surface area contributed by atoms with Crippen molar-refractivity contribution in [2.45, 2.75) is 19.4 Å². The van der Waals surface area contributed by atoms with Crippen molar-refractivity contribution < 1.29 is 0 Å². The second-order valence-corrected chi connectivity index (χ2v) is 3.84. The van der Waals surface area contributed by atoms with Gasteiger partial charge < -0.3 is 5.73 Å². The van der Waals surface area contributed by atoms with E-state index in [4.69, 9.17) is 12.2 Å². The van der Waals surface area contributed by atoms with Gasteiger partial charge in [-0.15, -0.1) is 6.42 Å². The summed E-state index contributed by atoms with van der Waals surface area (Å²) in [5.41, 5.74) is 7.10. The molecule has 2 N–H and O–H groups in total. The lowest BCUT2D eigenvalue weighted by Gasteiger charge is -2.29. The third kappa shape index (κ3) is 3.37. The molecule has 0 spiro atoms. The van der Waals surface area contributed by atoms with Gasteiger partial charge in [0, 0.05) is 12.6 Å². The zero-order valence-electron chi connectivity index (χ0n) is 9.89. The molecule has 1 rings (SSSR count). The Hall–Kier alpha value is -1.30. The standard InChI is InChI=1S/C14H20N2/c1-3-10-16(11-4-2)14(12-15)13-8-6-5-7-9-13/h1,5-9,14H,4,10-12,15H2,2H3. The summed E-state index contributed by atoms with van der Waals surface area (Å²) in [5.74, 6) is 2.71. The summed E-state index contributed by atoms with van der Waals surface area (Å²) in [6.07, 6.45) is 6.49. The highest BCUT2D eigenvalue weighted by Gasteiger charge is 2.16. The van der Waals surface area contributed by atoms with Crippen LogP contribution in [0, 0.1) is 12.3 Å². The first-order valence-corrected chi connectivity index (χ1v) is 5.76. The van der Waals surface area contributed by atoms with E-state index < -0.39 is 0 Å². The predicted molar refractivity (Wildman–Crippen MR) is 68.9 cm³/mol. The zero-order chi connectivity index (χ0) is 11.8. The number of nitrogens with zero attached hydrogens (tertiary/aromatic N) is 1. The number of nitrogens with two attached hydrogens (primary N) is 1. The summed E-state index contributed by atoms with van der Waals surface area (Å²) >= 11 is 0. The molecule has 0 aliphatic heterocycles. The average molecular weight is 216 g/mol. The summed E-state index contributed by atoms with van der Waals surface area (Å²) in [4.78, 5) is 2.26. The lowest BCUT2D eigenvalue weighted by Crippen LogP contribution is -2.34. The minimum absolute atomic E-state index is 0.234. The van der Waals surface area contributed by atoms with E-state index in [1.54, 1.807) is 0 Å². The first-order chi connectivity index (χ1) is 7.83. The Morgan fingerprint density at radius 3 is 2.56 bits per heavy atom. The van der Waals surface area contributed by atoms with E-state index in [0.29, 0.717) is 13.1 Å². The van der Waals surface area contributed by atoms with E-state index in [-0.39, 0.29) is 6.04 Å². The highest BCUT2D eigenvalue weighted by molar-refractivity contribution is 5.19. The maximum absolute atomic E-state index is 5.86. The van der Waals surface area contributed by atoms with Gasteiger partial charge >= 0.3 is 0 Å². The van der Waals surface area contributed by atoms with Crippen molar-refractivity contribution in [3.63, 3.8) is 0 Å². The van der Waals surface area contributed by atoms with Crippen molar-refractivity contribution in [3.8, 4) is 12.3 Å². The second kappa shape index (κ2) is 7.05. The molecule has 0 aromatic heterocycles. The Labute approximate surface area is 98.4 Å². The van der Waals surface area contributed by atoms with Gasteiger partial charge in [0.2, 0.25) is 0 Å². The predicted octanol–water partition coefficient (Wildman–Crippen LogP) is 2.03. The molecule has 1 unspecified atom stereocenters. The monoisotopic (exact) mass is 216 g/mol. The molecule has 86 valence electrons. The smallest absolute Gasteiger partial charge is 0.0604 e. The lowest BCUT2D eigenvalue weighted by molar-refractivity contribution is 0.228. The summed E-state index contributed by atoms with van der Waals surface area (Å²) in [5, 5.41) is 0. The highest BCUT2D eigenvalue weighted by atomic mass is 15.2. The molecule has 2 heteroatoms. The highest BCUT2D eigenvalue weighted by Crippen LogP contribution is 2.19. The Balaban J connectivity index is 2.82. The fraction of sp³-hybridized carbons (Fsp3) is 0.429. The molecule has 0 fully saturated rings. The summed E-state index contributed by atoms with van der Waals surface area (Å²) < 4.78 is 0. The Bertz CT molecular complexity index is 326. The van der Waals surface area contributed by atoms with Crippen LogP contribution in [0.5, 0.6) is 0 Å². The van der Waals surface area contributed by atoms with E-state index in [1.165, 1.54) is 5.56 Å². The number of hydrogen-bond donors (Lipinski definition) is 1. The maximum atomic E-state index is 5.86. The van der Waals surface area contributed by atoms with Crippen molar-refractivity contribution in [1.82, 2.24) is 4.90 Å². The van der Waals surface area contributed by atoms with Gasteiger partial charge in [-0.3, -0.25) is 4.90 Å². The van der Waals surface area contributed by atoms with Crippen LogP contribution in [0.3, 0.4) is 0 Å². The third-order valence-electron chi connectivity index (χ3n) is 2.65. The first kappa shape index (κ1) is 12.8. The quantitative estimate of drug-likeness (QED) is 0.737. The molecular weight excluding hydrogens is 196 g/mol. The molecule has 1 atom stereocenters. The second-order valence-electron chi connectivity index (χ2n) is 3.84. The van der Waals surface area contributed by atoms with Crippen molar-refractivity contribution in [1.29, 1.82) is 0 Å². The SMILES string of the molecule is C#CCN(CCC)C(CN)c1ccccc1. The number of benzene rings is 1. The van der Waals surface area contributed by atoms with E-state index in [1.807, 2.05) is 18.2 Å². The maximum Gasteiger partial charge on any atom is 0.0604 e. The van der Waals surface area contributed by atoms with Gasteiger partial charge in [-0.2, -0.15) is 0 Å². The third-order valence-corrected chi connectivity index (χ3v) is 2.65. The molecule has 0 saturated heterocycles. The minimum Gasteiger partial charge on any atom is -0.329 e. The summed E-state index contributed by atoms with van der Waals surface area (Å²) in [6.45, 7) is 4.40. The fourth-order valence-electron chi connectivity index (χ4n) is 1.92. The minimum atomic E-state index is 0.234. The number of hydrogen-bond acceptors (Lipinski definition) is 2. The molecule has 1 aromatic carbocycles. The van der Waals surface area contributed by atoms with Crippen LogP contribution in [0.1, 0.15) is 24.9 Å². The van der Waals surface area contributed by atoms with Crippen LogP contribution in [0.4, 0.5) is 0 Å². The van der Waals surface area contributed by atoms with E-state index >= 15 is 0 Å². The molecule has 0 amide bonds. The first-order valence-electron chi connectivity index (χ1n) is 5.76. The van der Waals surface area contributed by atoms with Crippen LogP contribution in [-0.4, -0.2) is 24.5 Å². The van der Waals surface area contributed by atoms with Gasteiger partial charge in [-0.05, 0) is 18.5 Å². The lowest BCUT2D eigenvalue weighted by atomic mass is 10.1. The van der Waals surface area contributed by atoms with Crippen LogP contribution in [-0.2, 0) is 0 Å². The van der Waals surface area contributed by atoms with Crippen molar-refractivity contribution in [2.75, 3.05) is 19.6 Å². The van der Waals surface area contributed by atoms with Crippen LogP contribution in [0.15, 0.2) is 30.3 Å². The van der Waals surface area contributed by atoms with Crippen LogP contribution >= 0.6 is 0 Å². The number of rotatable bonds is 6. The average Bonchev–Trinajstić information content (AvgIpc) is 2.32. The molecule has 0 heterocycles. The Morgan fingerprint density at radius 1 is 1.38 bits per heavy atom. The normalized spacial score (nSPS) is 12.4. The van der Waals surface area contributed by atoms with Crippen molar-refractivity contribution in [2.24, 2.45) is 5.73 Å². The molecule has 0 aliphatic rings. The molecular formula is C14H20N2. The molecule has 0 aliphatic carbocycles. The molecule has 16 heavy (non-hydrogen) atoms.